The minimum Gasteiger partial charge on any atom is -0.0991 e. The van der Waals surface area contributed by atoms with Crippen molar-refractivity contribution in [3.05, 3.63) is 144 Å². The highest BCUT2D eigenvalue weighted by molar-refractivity contribution is 6.09. The van der Waals surface area contributed by atoms with E-state index in [9.17, 15) is 0 Å². The number of benzene rings is 4. The number of hydrogen-bond donors (Lipinski definition) is 0. The summed E-state index contributed by atoms with van der Waals surface area (Å²) >= 11 is 0. The van der Waals surface area contributed by atoms with Crippen molar-refractivity contribution < 1.29 is 0 Å². The van der Waals surface area contributed by atoms with Gasteiger partial charge in [0.05, 0.1) is 0 Å². The molecule has 154 valence electrons. The van der Waals surface area contributed by atoms with Crippen molar-refractivity contribution in [1.82, 2.24) is 0 Å². The van der Waals surface area contributed by atoms with Crippen molar-refractivity contribution in [2.75, 3.05) is 0 Å². The number of fused-ring (bicyclic) bond motifs is 3. The quantitative estimate of drug-likeness (QED) is 0.233. The van der Waals surface area contributed by atoms with Crippen molar-refractivity contribution >= 4 is 32.7 Å². The third kappa shape index (κ3) is 3.88. The van der Waals surface area contributed by atoms with E-state index in [1.807, 2.05) is 12.2 Å². The van der Waals surface area contributed by atoms with Gasteiger partial charge < -0.3 is 0 Å². The Morgan fingerprint density at radius 3 is 2.25 bits per heavy atom. The van der Waals surface area contributed by atoms with E-state index < -0.39 is 0 Å². The van der Waals surface area contributed by atoms with Gasteiger partial charge in [-0.25, -0.2) is 0 Å². The number of hydrogen-bond acceptors (Lipinski definition) is 0. The van der Waals surface area contributed by atoms with Crippen LogP contribution in [0.2, 0.25) is 0 Å². The molecule has 0 nitrogen and oxygen atoms in total. The van der Waals surface area contributed by atoms with E-state index in [4.69, 9.17) is 0 Å². The average Bonchev–Trinajstić information content (AvgIpc) is 2.84. The maximum absolute atomic E-state index is 3.77. The number of allylic oxidation sites excluding steroid dienone is 9. The lowest BCUT2D eigenvalue weighted by Gasteiger charge is -2.20. The molecule has 0 unspecified atom stereocenters. The molecule has 0 saturated carbocycles. The average molecular weight is 411 g/mol. The maximum atomic E-state index is 3.77. The monoisotopic (exact) mass is 410 g/mol. The van der Waals surface area contributed by atoms with Crippen molar-refractivity contribution in [3.63, 3.8) is 0 Å². The summed E-state index contributed by atoms with van der Waals surface area (Å²) in [6, 6.07) is 28.8. The van der Waals surface area contributed by atoms with Crippen LogP contribution in [0.5, 0.6) is 0 Å². The highest BCUT2D eigenvalue weighted by Crippen LogP contribution is 2.38. The summed E-state index contributed by atoms with van der Waals surface area (Å²) in [7, 11) is 0. The Bertz CT molecular complexity index is 1440. The van der Waals surface area contributed by atoms with E-state index in [0.717, 1.165) is 6.42 Å². The normalized spacial score (nSPS) is 15.3. The van der Waals surface area contributed by atoms with Crippen LogP contribution in [0.1, 0.15) is 23.1 Å². The fraction of sp³-hybridized carbons (Fsp3) is 0.0625. The van der Waals surface area contributed by atoms with Crippen LogP contribution < -0.4 is 0 Å². The van der Waals surface area contributed by atoms with Gasteiger partial charge in [0.1, 0.15) is 0 Å². The second-order valence-electron chi connectivity index (χ2n) is 8.35. The molecule has 1 aliphatic carbocycles. The van der Waals surface area contributed by atoms with Crippen LogP contribution in [0, 0.1) is 6.92 Å². The Labute approximate surface area is 190 Å². The van der Waals surface area contributed by atoms with Gasteiger partial charge in [-0.05, 0) is 68.8 Å². The maximum Gasteiger partial charge on any atom is -0.00137 e. The first kappa shape index (κ1) is 20.0. The molecule has 32 heavy (non-hydrogen) atoms. The van der Waals surface area contributed by atoms with Crippen LogP contribution in [0.15, 0.2) is 127 Å². The fourth-order valence-corrected chi connectivity index (χ4v) is 4.47. The molecule has 1 aliphatic rings. The zero-order valence-electron chi connectivity index (χ0n) is 18.4. The van der Waals surface area contributed by atoms with Crippen molar-refractivity contribution in [1.29, 1.82) is 0 Å². The van der Waals surface area contributed by atoms with Crippen LogP contribution in [0.4, 0.5) is 0 Å². The number of aryl methyl sites for hydroxylation is 1. The van der Waals surface area contributed by atoms with Crippen LogP contribution in [0.3, 0.4) is 0 Å². The van der Waals surface area contributed by atoms with Crippen LogP contribution in [-0.2, 0) is 0 Å². The smallest absolute Gasteiger partial charge is 0.00137 e. The van der Waals surface area contributed by atoms with Gasteiger partial charge in [0.15, 0.2) is 0 Å². The lowest BCUT2D eigenvalue weighted by molar-refractivity contribution is 1.27. The molecule has 0 aromatic heterocycles. The second-order valence-corrected chi connectivity index (χ2v) is 8.35. The molecule has 0 atom stereocenters. The number of rotatable bonds is 4. The zero-order chi connectivity index (χ0) is 21.9. The van der Waals surface area contributed by atoms with Gasteiger partial charge in [-0.1, -0.05) is 121 Å². The minimum absolute atomic E-state index is 0.907. The van der Waals surface area contributed by atoms with E-state index in [1.165, 1.54) is 55.0 Å². The van der Waals surface area contributed by atoms with E-state index in [-0.39, 0.29) is 0 Å². The SMILES string of the molecule is C=C/C=C\C=C1\C=CC(c2ccc3ccc4ccccc4c3c2)=C(c2ccc(C)cc2)C1. The van der Waals surface area contributed by atoms with Gasteiger partial charge in [0, 0.05) is 0 Å². The molecule has 0 aliphatic heterocycles. The first-order valence-electron chi connectivity index (χ1n) is 11.1. The Balaban J connectivity index is 1.69. The summed E-state index contributed by atoms with van der Waals surface area (Å²) in [4.78, 5) is 0. The first-order chi connectivity index (χ1) is 15.7. The van der Waals surface area contributed by atoms with E-state index in [2.05, 4.69) is 117 Å². The minimum atomic E-state index is 0.907. The van der Waals surface area contributed by atoms with Gasteiger partial charge in [-0.2, -0.15) is 0 Å². The summed E-state index contributed by atoms with van der Waals surface area (Å²) < 4.78 is 0. The summed E-state index contributed by atoms with van der Waals surface area (Å²) in [5.41, 5.74) is 7.80. The molecular formula is C32H26. The predicted octanol–water partition coefficient (Wildman–Crippen LogP) is 8.84. The van der Waals surface area contributed by atoms with Crippen molar-refractivity contribution in [2.24, 2.45) is 0 Å². The molecule has 0 heterocycles. The molecule has 0 heteroatoms. The molecule has 0 spiro atoms. The third-order valence-corrected chi connectivity index (χ3v) is 6.19. The van der Waals surface area contributed by atoms with Crippen molar-refractivity contribution in [3.8, 4) is 0 Å². The van der Waals surface area contributed by atoms with Gasteiger partial charge in [-0.3, -0.25) is 0 Å². The summed E-state index contributed by atoms with van der Waals surface area (Å²) in [5.74, 6) is 0. The van der Waals surface area contributed by atoms with Crippen LogP contribution >= 0.6 is 0 Å². The highest BCUT2D eigenvalue weighted by atomic mass is 14.2. The van der Waals surface area contributed by atoms with Gasteiger partial charge >= 0.3 is 0 Å². The second kappa shape index (κ2) is 8.69. The highest BCUT2D eigenvalue weighted by Gasteiger charge is 2.15. The molecule has 0 saturated heterocycles. The standard InChI is InChI=1S/C32H26/c1-3-4-5-8-24-13-20-30(31(21-24)26-14-11-23(2)12-15-26)28-19-18-27-17-16-25-9-6-7-10-29(25)32(27)22-28/h3-20,22H,1,21H2,2H3/b5-4-,24-8-. The molecular weight excluding hydrogens is 384 g/mol. The van der Waals surface area contributed by atoms with E-state index >= 15 is 0 Å². The molecule has 4 aromatic carbocycles. The largest absolute Gasteiger partial charge is 0.0991 e. The van der Waals surface area contributed by atoms with E-state index in [0.29, 0.717) is 0 Å². The first-order valence-corrected chi connectivity index (χ1v) is 11.1. The lowest BCUT2D eigenvalue weighted by atomic mass is 9.84. The third-order valence-electron chi connectivity index (χ3n) is 6.19. The molecule has 0 bridgehead atoms. The van der Waals surface area contributed by atoms with Crippen LogP contribution in [-0.4, -0.2) is 0 Å². The summed E-state index contributed by atoms with van der Waals surface area (Å²) in [6.45, 7) is 5.91. The van der Waals surface area contributed by atoms with Crippen molar-refractivity contribution in [2.45, 2.75) is 13.3 Å². The van der Waals surface area contributed by atoms with Gasteiger partial charge in [0.25, 0.3) is 0 Å². The Morgan fingerprint density at radius 2 is 1.44 bits per heavy atom. The van der Waals surface area contributed by atoms with Crippen LogP contribution in [0.25, 0.3) is 32.7 Å². The Morgan fingerprint density at radius 1 is 0.719 bits per heavy atom. The Kier molecular flexibility index (Phi) is 5.44. The summed E-state index contributed by atoms with van der Waals surface area (Å²) in [5, 5.41) is 5.17. The van der Waals surface area contributed by atoms with Gasteiger partial charge in [0.2, 0.25) is 0 Å². The lowest BCUT2D eigenvalue weighted by Crippen LogP contribution is -1.98. The molecule has 5 rings (SSSR count). The molecule has 0 fully saturated rings. The van der Waals surface area contributed by atoms with E-state index in [1.54, 1.807) is 0 Å². The molecule has 0 amide bonds. The Hall–Kier alpha value is -3.90. The molecule has 0 N–H and O–H groups in total. The van der Waals surface area contributed by atoms with Gasteiger partial charge in [-0.15, -0.1) is 0 Å². The summed E-state index contributed by atoms with van der Waals surface area (Å²) in [6.07, 6.45) is 13.4. The predicted molar refractivity (Wildman–Crippen MR) is 141 cm³/mol. The molecule has 0 radical (unpaired) electrons. The topological polar surface area (TPSA) is 0 Å². The fourth-order valence-electron chi connectivity index (χ4n) is 4.47. The zero-order valence-corrected chi connectivity index (χ0v) is 18.4. The molecule has 4 aromatic rings.